The van der Waals surface area contributed by atoms with Crippen molar-refractivity contribution in [1.82, 2.24) is 5.43 Å². The molecule has 3 rings (SSSR count). The van der Waals surface area contributed by atoms with E-state index < -0.39 is 0 Å². The molecule has 2 atom stereocenters. The second kappa shape index (κ2) is 6.26. The molecule has 0 spiro atoms. The van der Waals surface area contributed by atoms with Crippen LogP contribution >= 0.6 is 10.9 Å². The fourth-order valence-corrected chi connectivity index (χ4v) is 3.65. The first-order valence-electron chi connectivity index (χ1n) is 7.04. The summed E-state index contributed by atoms with van der Waals surface area (Å²) in [5.41, 5.74) is 13.3. The van der Waals surface area contributed by atoms with E-state index in [1.165, 1.54) is 10.6 Å². The van der Waals surface area contributed by atoms with Crippen LogP contribution in [0.25, 0.3) is 0 Å². The molecule has 2 aromatic rings. The highest BCUT2D eigenvalue weighted by atomic mass is 32.1. The monoisotopic (exact) mass is 297 g/mol. The van der Waals surface area contributed by atoms with Gasteiger partial charge in [-0.3, -0.25) is 5.01 Å². The predicted molar refractivity (Wildman–Crippen MR) is 93.6 cm³/mol. The summed E-state index contributed by atoms with van der Waals surface area (Å²) in [5.74, 6) is 0.302. The highest BCUT2D eigenvalue weighted by Gasteiger charge is 2.36. The summed E-state index contributed by atoms with van der Waals surface area (Å²) in [7, 11) is 1.58. The molecule has 2 unspecified atom stereocenters. The van der Waals surface area contributed by atoms with Gasteiger partial charge >= 0.3 is 0 Å². The lowest BCUT2D eigenvalue weighted by Gasteiger charge is -2.19. The number of hydrazine groups is 1. The van der Waals surface area contributed by atoms with Gasteiger partial charge in [-0.25, -0.2) is 5.43 Å². The Morgan fingerprint density at radius 3 is 2.29 bits per heavy atom. The van der Waals surface area contributed by atoms with Gasteiger partial charge in [-0.15, -0.1) is 10.9 Å². The van der Waals surface area contributed by atoms with E-state index in [0.717, 1.165) is 5.69 Å². The largest absolute Gasteiger partial charge is 0.300 e. The van der Waals surface area contributed by atoms with Crippen molar-refractivity contribution in [2.75, 3.05) is 5.01 Å². The molecule has 0 radical (unpaired) electrons. The Hall–Kier alpha value is -1.88. The van der Waals surface area contributed by atoms with Crippen molar-refractivity contribution in [3.05, 3.63) is 66.2 Å². The van der Waals surface area contributed by atoms with Crippen LogP contribution in [0.5, 0.6) is 0 Å². The van der Waals surface area contributed by atoms with E-state index in [1.807, 2.05) is 24.3 Å². The minimum Gasteiger partial charge on any atom is -0.300 e. The number of hydrogen-bond donors (Lipinski definition) is 2. The maximum atomic E-state index is 5.70. The van der Waals surface area contributed by atoms with E-state index in [9.17, 15) is 0 Å². The summed E-state index contributed by atoms with van der Waals surface area (Å²) < 4.78 is 0. The number of benzene rings is 2. The van der Waals surface area contributed by atoms with Crippen LogP contribution in [-0.4, -0.2) is 16.5 Å². The van der Waals surface area contributed by atoms with Crippen LogP contribution < -0.4 is 16.2 Å². The number of para-hydroxylation sites is 1. The molecule has 21 heavy (non-hydrogen) atoms. The van der Waals surface area contributed by atoms with Crippen LogP contribution in [0.1, 0.15) is 18.4 Å². The standard InChI is InChI=1S/C17H19N3S/c1-13-16(14-8-4-2-5-9-14)17(21-12-18)20(19-13)15-10-6-3-7-11-15/h2-13,16,19H,18H2,1H3. The molecule has 0 saturated carbocycles. The predicted octanol–water partition coefficient (Wildman–Crippen LogP) is 2.77. The van der Waals surface area contributed by atoms with Gasteiger partial charge in [-0.1, -0.05) is 48.5 Å². The first kappa shape index (κ1) is 14.1. The summed E-state index contributed by atoms with van der Waals surface area (Å²) in [4.78, 5) is 1.21. The lowest BCUT2D eigenvalue weighted by atomic mass is 9.94. The maximum Gasteiger partial charge on any atom is 0.0972 e. The topological polar surface area (TPSA) is 41.3 Å². The van der Waals surface area contributed by atoms with Crippen LogP contribution in [0.3, 0.4) is 0 Å². The first-order valence-corrected chi connectivity index (χ1v) is 7.92. The lowest BCUT2D eigenvalue weighted by Crippen LogP contribution is -2.36. The SMILES string of the molecule is CC1NN(c2ccccc2)C(=S=CN)C1c1ccccc1. The second-order valence-corrected chi connectivity index (χ2v) is 6.00. The third kappa shape index (κ3) is 2.78. The molecule has 4 heteroatoms. The van der Waals surface area contributed by atoms with Gasteiger partial charge in [-0.05, 0) is 24.6 Å². The molecule has 3 nitrogen and oxygen atoms in total. The van der Waals surface area contributed by atoms with E-state index >= 15 is 0 Å². The van der Waals surface area contributed by atoms with Crippen molar-refractivity contribution in [3.63, 3.8) is 0 Å². The highest BCUT2D eigenvalue weighted by molar-refractivity contribution is 7.97. The van der Waals surface area contributed by atoms with Crippen molar-refractivity contribution in [2.45, 2.75) is 18.9 Å². The molecule has 1 aliphatic heterocycles. The van der Waals surface area contributed by atoms with Gasteiger partial charge in [0.1, 0.15) is 0 Å². The second-order valence-electron chi connectivity index (χ2n) is 5.07. The summed E-state index contributed by atoms with van der Waals surface area (Å²) in [6, 6.07) is 21.2. The molecule has 108 valence electrons. The summed E-state index contributed by atoms with van der Waals surface area (Å²) >= 11 is 0. The van der Waals surface area contributed by atoms with Gasteiger partial charge in [0, 0.05) is 11.5 Å². The van der Waals surface area contributed by atoms with Crippen LogP contribution in [0, 0.1) is 0 Å². The third-order valence-corrected chi connectivity index (χ3v) is 4.50. The Morgan fingerprint density at radius 2 is 1.67 bits per heavy atom. The fraction of sp³-hybridized carbons (Fsp3) is 0.176. The highest BCUT2D eigenvalue weighted by Crippen LogP contribution is 2.31. The quantitative estimate of drug-likeness (QED) is 0.838. The summed E-state index contributed by atoms with van der Waals surface area (Å²) in [5, 5.41) is 2.15. The molecule has 2 aromatic carbocycles. The maximum absolute atomic E-state index is 5.70. The summed E-state index contributed by atoms with van der Waals surface area (Å²) in [6.45, 7) is 2.21. The Balaban J connectivity index is 2.05. The van der Waals surface area contributed by atoms with Gasteiger partial charge in [0.2, 0.25) is 0 Å². The molecular formula is C17H19N3S. The van der Waals surface area contributed by atoms with Crippen LogP contribution in [0.4, 0.5) is 5.69 Å². The number of anilines is 1. The van der Waals surface area contributed by atoms with Crippen LogP contribution in [-0.2, 0) is 0 Å². The molecule has 0 amide bonds. The minimum atomic E-state index is 0.302. The molecule has 1 aliphatic rings. The smallest absolute Gasteiger partial charge is 0.0972 e. The Labute approximate surface area is 128 Å². The minimum absolute atomic E-state index is 0.302. The number of rotatable bonds is 2. The Bertz CT molecular complexity index is 663. The van der Waals surface area contributed by atoms with Gasteiger partial charge < -0.3 is 5.73 Å². The summed E-state index contributed by atoms with van der Waals surface area (Å²) in [6.07, 6.45) is 0. The number of nitrogens with two attached hydrogens (primary N) is 1. The normalized spacial score (nSPS) is 21.4. The average Bonchev–Trinajstić information content (AvgIpc) is 2.86. The first-order chi connectivity index (χ1) is 10.3. The van der Waals surface area contributed by atoms with Crippen molar-refractivity contribution in [3.8, 4) is 0 Å². The molecule has 0 aliphatic carbocycles. The van der Waals surface area contributed by atoms with E-state index in [4.69, 9.17) is 5.73 Å². The molecular weight excluding hydrogens is 278 g/mol. The molecule has 1 heterocycles. The molecule has 0 aromatic heterocycles. The van der Waals surface area contributed by atoms with Gasteiger partial charge in [0.25, 0.3) is 0 Å². The van der Waals surface area contributed by atoms with Crippen molar-refractivity contribution < 1.29 is 0 Å². The van der Waals surface area contributed by atoms with Crippen molar-refractivity contribution in [2.24, 2.45) is 5.73 Å². The zero-order chi connectivity index (χ0) is 14.7. The number of nitrogens with zero attached hydrogens (tertiary/aromatic N) is 1. The zero-order valence-electron chi connectivity index (χ0n) is 11.9. The van der Waals surface area contributed by atoms with Gasteiger partial charge in [0.15, 0.2) is 0 Å². The van der Waals surface area contributed by atoms with Crippen molar-refractivity contribution in [1.29, 1.82) is 0 Å². The molecule has 1 saturated heterocycles. The lowest BCUT2D eigenvalue weighted by molar-refractivity contribution is 0.600. The molecule has 0 bridgehead atoms. The zero-order valence-corrected chi connectivity index (χ0v) is 12.8. The van der Waals surface area contributed by atoms with Crippen LogP contribution in [0.15, 0.2) is 60.7 Å². The number of hydrogen-bond acceptors (Lipinski definition) is 1. The van der Waals surface area contributed by atoms with E-state index in [2.05, 4.69) is 53.8 Å². The van der Waals surface area contributed by atoms with Gasteiger partial charge in [-0.2, -0.15) is 0 Å². The van der Waals surface area contributed by atoms with Gasteiger partial charge in [0.05, 0.1) is 16.6 Å². The van der Waals surface area contributed by atoms with E-state index in [-0.39, 0.29) is 0 Å². The molecule has 3 N–H and O–H groups in total. The number of nitrogens with one attached hydrogen (secondary N) is 1. The van der Waals surface area contributed by atoms with Crippen molar-refractivity contribution >= 4 is 27.1 Å². The Kier molecular flexibility index (Phi) is 4.20. The average molecular weight is 297 g/mol. The van der Waals surface area contributed by atoms with E-state index in [0.29, 0.717) is 12.0 Å². The van der Waals surface area contributed by atoms with E-state index in [1.54, 1.807) is 16.4 Å². The Morgan fingerprint density at radius 1 is 1.05 bits per heavy atom. The van der Waals surface area contributed by atoms with Crippen LogP contribution in [0.2, 0.25) is 0 Å². The fourth-order valence-electron chi connectivity index (χ4n) is 2.76. The molecule has 1 fully saturated rings. The third-order valence-electron chi connectivity index (χ3n) is 3.68.